The number of benzene rings is 2. The molecule has 1 saturated heterocycles. The lowest BCUT2D eigenvalue weighted by Crippen LogP contribution is -2.42. The summed E-state index contributed by atoms with van der Waals surface area (Å²) in [5.74, 6) is 1.08. The highest BCUT2D eigenvalue weighted by Gasteiger charge is 2.33. The van der Waals surface area contributed by atoms with Crippen LogP contribution in [0.1, 0.15) is 31.4 Å². The van der Waals surface area contributed by atoms with Crippen molar-refractivity contribution >= 4 is 15.5 Å². The quantitative estimate of drug-likeness (QED) is 0.555. The Labute approximate surface area is 192 Å². The van der Waals surface area contributed by atoms with Crippen LogP contribution in [0.5, 0.6) is 5.75 Å². The molecule has 1 heterocycles. The molecule has 2 aromatic carbocycles. The van der Waals surface area contributed by atoms with Crippen molar-refractivity contribution in [2.75, 3.05) is 42.6 Å². The average molecular weight is 461 g/mol. The van der Waals surface area contributed by atoms with Gasteiger partial charge in [-0.2, -0.15) is 0 Å². The second kappa shape index (κ2) is 11.2. The van der Waals surface area contributed by atoms with Crippen molar-refractivity contribution in [2.45, 2.75) is 45.9 Å². The lowest BCUT2D eigenvalue weighted by molar-refractivity contribution is 0.0525. The summed E-state index contributed by atoms with van der Waals surface area (Å²) in [5.41, 5.74) is 3.44. The number of nitrogens with zero attached hydrogens (tertiary/aromatic N) is 2. The normalized spacial score (nSPS) is 18.6. The number of hydrogen-bond donors (Lipinski definition) is 1. The Bertz CT molecular complexity index is 941. The van der Waals surface area contributed by atoms with E-state index in [1.807, 2.05) is 31.2 Å². The number of ether oxygens (including phenoxy) is 1. The minimum absolute atomic E-state index is 0.0866. The fourth-order valence-corrected chi connectivity index (χ4v) is 5.95. The van der Waals surface area contributed by atoms with Crippen molar-refractivity contribution in [1.29, 1.82) is 0 Å². The van der Waals surface area contributed by atoms with E-state index in [-0.39, 0.29) is 24.2 Å². The summed E-state index contributed by atoms with van der Waals surface area (Å²) >= 11 is 0. The van der Waals surface area contributed by atoms with Gasteiger partial charge in [0.15, 0.2) is 9.84 Å². The first-order valence-corrected chi connectivity index (χ1v) is 13.3. The van der Waals surface area contributed by atoms with Crippen LogP contribution in [-0.2, 0) is 16.4 Å². The van der Waals surface area contributed by atoms with Crippen LogP contribution in [-0.4, -0.2) is 68.3 Å². The van der Waals surface area contributed by atoms with E-state index in [4.69, 9.17) is 4.74 Å². The topological polar surface area (TPSA) is 70.1 Å². The molecule has 3 rings (SSSR count). The van der Waals surface area contributed by atoms with Crippen molar-refractivity contribution in [3.63, 3.8) is 0 Å². The Morgan fingerprint density at radius 3 is 2.28 bits per heavy atom. The van der Waals surface area contributed by atoms with E-state index in [1.165, 1.54) is 5.69 Å². The zero-order valence-corrected chi connectivity index (χ0v) is 20.2. The summed E-state index contributed by atoms with van der Waals surface area (Å²) < 4.78 is 29.9. The number of hydrogen-bond acceptors (Lipinski definition) is 6. The summed E-state index contributed by atoms with van der Waals surface area (Å²) in [6.45, 7) is 9.33. The maximum atomic E-state index is 12.1. The van der Waals surface area contributed by atoms with Gasteiger partial charge in [0, 0.05) is 37.9 Å². The molecule has 0 bridgehead atoms. The zero-order valence-electron chi connectivity index (χ0n) is 19.4. The average Bonchev–Trinajstić information content (AvgIpc) is 3.14. The molecule has 1 N–H and O–H groups in total. The maximum Gasteiger partial charge on any atom is 0.151 e. The van der Waals surface area contributed by atoms with Crippen LogP contribution < -0.4 is 9.64 Å². The Morgan fingerprint density at radius 1 is 1.06 bits per heavy atom. The van der Waals surface area contributed by atoms with Crippen LogP contribution in [0.2, 0.25) is 0 Å². The smallest absolute Gasteiger partial charge is 0.151 e. The molecule has 1 aliphatic heterocycles. The van der Waals surface area contributed by atoms with Crippen LogP contribution >= 0.6 is 0 Å². The molecule has 1 fully saturated rings. The van der Waals surface area contributed by atoms with Crippen LogP contribution in [0.3, 0.4) is 0 Å². The lowest BCUT2D eigenvalue weighted by Gasteiger charge is -2.30. The lowest BCUT2D eigenvalue weighted by atomic mass is 10.1. The van der Waals surface area contributed by atoms with E-state index < -0.39 is 15.9 Å². The minimum Gasteiger partial charge on any atom is -0.491 e. The number of rotatable bonds is 11. The zero-order chi connectivity index (χ0) is 23.1. The minimum atomic E-state index is -3.01. The molecule has 0 saturated carbocycles. The Morgan fingerprint density at radius 2 is 1.72 bits per heavy atom. The molecule has 0 aromatic heterocycles. The summed E-state index contributed by atoms with van der Waals surface area (Å²) in [5, 5.41) is 10.7. The highest BCUT2D eigenvalue weighted by atomic mass is 32.2. The predicted molar refractivity (Wildman–Crippen MR) is 130 cm³/mol. The SMILES string of the molecule is CCN(CC)c1ccc(CN(CC(O)COc2ccc(C)cc2)C2CCS(=O)(=O)C2)cc1. The van der Waals surface area contributed by atoms with Crippen LogP contribution in [0.4, 0.5) is 5.69 Å². The van der Waals surface area contributed by atoms with Crippen molar-refractivity contribution in [2.24, 2.45) is 0 Å². The van der Waals surface area contributed by atoms with Crippen LogP contribution in [0, 0.1) is 6.92 Å². The highest BCUT2D eigenvalue weighted by Crippen LogP contribution is 2.22. The molecular formula is C25H36N2O4S. The van der Waals surface area contributed by atoms with Gasteiger partial charge in [-0.05, 0) is 57.0 Å². The van der Waals surface area contributed by atoms with Gasteiger partial charge in [-0.1, -0.05) is 29.8 Å². The van der Waals surface area contributed by atoms with Crippen LogP contribution in [0.15, 0.2) is 48.5 Å². The van der Waals surface area contributed by atoms with Gasteiger partial charge < -0.3 is 14.7 Å². The Kier molecular flexibility index (Phi) is 8.57. The van der Waals surface area contributed by atoms with Crippen molar-refractivity contribution in [1.82, 2.24) is 4.90 Å². The third kappa shape index (κ3) is 6.95. The van der Waals surface area contributed by atoms with Gasteiger partial charge in [0.25, 0.3) is 0 Å². The van der Waals surface area contributed by atoms with E-state index in [2.05, 4.69) is 47.9 Å². The number of anilines is 1. The van der Waals surface area contributed by atoms with Crippen molar-refractivity contribution < 1.29 is 18.3 Å². The molecule has 1 aliphatic rings. The molecule has 176 valence electrons. The molecule has 32 heavy (non-hydrogen) atoms. The third-order valence-electron chi connectivity index (χ3n) is 6.08. The summed E-state index contributed by atoms with van der Waals surface area (Å²) in [6, 6.07) is 16.1. The van der Waals surface area contributed by atoms with Gasteiger partial charge in [-0.3, -0.25) is 4.90 Å². The van der Waals surface area contributed by atoms with Gasteiger partial charge >= 0.3 is 0 Å². The fraction of sp³-hybridized carbons (Fsp3) is 0.520. The summed E-state index contributed by atoms with van der Waals surface area (Å²) in [4.78, 5) is 4.39. The predicted octanol–water partition coefficient (Wildman–Crippen LogP) is 3.27. The molecule has 6 nitrogen and oxygen atoms in total. The summed E-state index contributed by atoms with van der Waals surface area (Å²) in [7, 11) is -3.01. The largest absolute Gasteiger partial charge is 0.491 e. The fourth-order valence-electron chi connectivity index (χ4n) is 4.19. The number of sulfone groups is 1. The molecule has 0 aliphatic carbocycles. The maximum absolute atomic E-state index is 12.1. The number of aliphatic hydroxyl groups excluding tert-OH is 1. The van der Waals surface area contributed by atoms with E-state index in [0.29, 0.717) is 19.5 Å². The highest BCUT2D eigenvalue weighted by molar-refractivity contribution is 7.91. The molecule has 2 unspecified atom stereocenters. The van der Waals surface area contributed by atoms with E-state index in [1.54, 1.807) is 0 Å². The standard InChI is InChI=1S/C25H36N2O4S/c1-4-26(5-2)22-10-8-21(9-11-22)16-27(23-14-15-32(29,30)19-23)17-24(28)18-31-25-12-6-20(3)7-13-25/h6-13,23-24,28H,4-5,14-19H2,1-3H3. The second-order valence-electron chi connectivity index (χ2n) is 8.60. The first-order valence-electron chi connectivity index (χ1n) is 11.5. The Hall–Kier alpha value is -2.09. The summed E-state index contributed by atoms with van der Waals surface area (Å²) in [6.07, 6.45) is -0.111. The molecule has 7 heteroatoms. The van der Waals surface area contributed by atoms with E-state index in [0.717, 1.165) is 30.0 Å². The monoisotopic (exact) mass is 460 g/mol. The Balaban J connectivity index is 1.66. The molecular weight excluding hydrogens is 424 g/mol. The van der Waals surface area contributed by atoms with E-state index in [9.17, 15) is 13.5 Å². The molecule has 0 amide bonds. The third-order valence-corrected chi connectivity index (χ3v) is 7.83. The van der Waals surface area contributed by atoms with Gasteiger partial charge in [0.05, 0.1) is 11.5 Å². The van der Waals surface area contributed by atoms with Crippen molar-refractivity contribution in [3.05, 3.63) is 59.7 Å². The van der Waals surface area contributed by atoms with Gasteiger partial charge in [0.1, 0.15) is 18.5 Å². The molecule has 0 radical (unpaired) electrons. The van der Waals surface area contributed by atoms with Gasteiger partial charge in [0.2, 0.25) is 0 Å². The number of aryl methyl sites for hydroxylation is 1. The second-order valence-corrected chi connectivity index (χ2v) is 10.8. The van der Waals surface area contributed by atoms with E-state index >= 15 is 0 Å². The first kappa shape index (κ1) is 24.6. The molecule has 0 spiro atoms. The van der Waals surface area contributed by atoms with Crippen molar-refractivity contribution in [3.8, 4) is 5.75 Å². The first-order chi connectivity index (χ1) is 15.3. The molecule has 2 atom stereocenters. The van der Waals surface area contributed by atoms with Gasteiger partial charge in [-0.15, -0.1) is 0 Å². The number of aliphatic hydroxyl groups is 1. The molecule has 2 aromatic rings. The van der Waals surface area contributed by atoms with Crippen LogP contribution in [0.25, 0.3) is 0 Å². The van der Waals surface area contributed by atoms with Gasteiger partial charge in [-0.25, -0.2) is 8.42 Å².